The van der Waals surface area contributed by atoms with Gasteiger partial charge in [0.1, 0.15) is 5.15 Å². The lowest BCUT2D eigenvalue weighted by atomic mass is 10.2. The third-order valence-electron chi connectivity index (χ3n) is 2.62. The summed E-state index contributed by atoms with van der Waals surface area (Å²) in [5.74, 6) is 0. The molecule has 0 aliphatic rings. The monoisotopic (exact) mass is 244 g/mol. The van der Waals surface area contributed by atoms with Crippen LogP contribution in [-0.4, -0.2) is 19.7 Å². The van der Waals surface area contributed by atoms with Crippen molar-refractivity contribution in [3.63, 3.8) is 0 Å². The van der Waals surface area contributed by atoms with Crippen LogP contribution in [0.3, 0.4) is 0 Å². The molecule has 0 N–H and O–H groups in total. The normalized spacial score (nSPS) is 10.9. The highest BCUT2D eigenvalue weighted by molar-refractivity contribution is 6.29. The van der Waals surface area contributed by atoms with Crippen molar-refractivity contribution < 1.29 is 0 Å². The molecule has 3 aromatic heterocycles. The van der Waals surface area contributed by atoms with Crippen LogP contribution in [0.25, 0.3) is 22.3 Å². The van der Waals surface area contributed by atoms with Gasteiger partial charge in [0.25, 0.3) is 0 Å². The van der Waals surface area contributed by atoms with Crippen LogP contribution in [0.2, 0.25) is 5.15 Å². The highest BCUT2D eigenvalue weighted by atomic mass is 35.5. The van der Waals surface area contributed by atoms with Crippen LogP contribution < -0.4 is 0 Å². The van der Waals surface area contributed by atoms with Gasteiger partial charge in [0, 0.05) is 25.0 Å². The molecule has 4 nitrogen and oxygen atoms in total. The molecule has 0 unspecified atom stereocenters. The molecule has 3 heterocycles. The van der Waals surface area contributed by atoms with Crippen LogP contribution in [0.15, 0.2) is 36.7 Å². The summed E-state index contributed by atoms with van der Waals surface area (Å²) in [6.07, 6.45) is 3.57. The van der Waals surface area contributed by atoms with Crippen LogP contribution in [0, 0.1) is 0 Å². The second-order valence-corrected chi connectivity index (χ2v) is 4.12. The van der Waals surface area contributed by atoms with Crippen LogP contribution in [0.4, 0.5) is 0 Å². The molecule has 84 valence electrons. The van der Waals surface area contributed by atoms with E-state index in [1.54, 1.807) is 16.9 Å². The zero-order chi connectivity index (χ0) is 11.8. The molecule has 3 aromatic rings. The first-order chi connectivity index (χ1) is 8.24. The maximum Gasteiger partial charge on any atom is 0.129 e. The summed E-state index contributed by atoms with van der Waals surface area (Å²) in [5, 5.41) is 4.61. The Hall–Kier alpha value is -1.94. The molecule has 0 saturated heterocycles. The van der Waals surface area contributed by atoms with E-state index in [1.165, 1.54) is 0 Å². The van der Waals surface area contributed by atoms with Crippen LogP contribution in [0.1, 0.15) is 0 Å². The fourth-order valence-corrected chi connectivity index (χ4v) is 1.93. The number of aryl methyl sites for hydroxylation is 1. The average molecular weight is 245 g/mol. The van der Waals surface area contributed by atoms with Crippen molar-refractivity contribution in [1.82, 2.24) is 19.7 Å². The van der Waals surface area contributed by atoms with E-state index in [9.17, 15) is 0 Å². The van der Waals surface area contributed by atoms with Crippen LogP contribution in [-0.2, 0) is 7.05 Å². The van der Waals surface area contributed by atoms with Gasteiger partial charge in [0.05, 0.1) is 16.7 Å². The van der Waals surface area contributed by atoms with Gasteiger partial charge in [0.15, 0.2) is 0 Å². The fourth-order valence-electron chi connectivity index (χ4n) is 1.78. The van der Waals surface area contributed by atoms with E-state index >= 15 is 0 Å². The van der Waals surface area contributed by atoms with Gasteiger partial charge in [-0.15, -0.1) is 0 Å². The molecule has 0 spiro atoms. The van der Waals surface area contributed by atoms with E-state index in [1.807, 2.05) is 31.4 Å². The summed E-state index contributed by atoms with van der Waals surface area (Å²) >= 11 is 5.87. The van der Waals surface area contributed by atoms with Gasteiger partial charge in [-0.1, -0.05) is 11.6 Å². The Morgan fingerprint density at radius 3 is 2.82 bits per heavy atom. The quantitative estimate of drug-likeness (QED) is 0.618. The van der Waals surface area contributed by atoms with E-state index in [-0.39, 0.29) is 0 Å². The first-order valence-corrected chi connectivity index (χ1v) is 5.52. The van der Waals surface area contributed by atoms with E-state index in [2.05, 4.69) is 15.1 Å². The molecular formula is C12H9ClN4. The fraction of sp³-hybridized carbons (Fsp3) is 0.0833. The Morgan fingerprint density at radius 2 is 2.06 bits per heavy atom. The van der Waals surface area contributed by atoms with Gasteiger partial charge >= 0.3 is 0 Å². The van der Waals surface area contributed by atoms with Gasteiger partial charge < -0.3 is 0 Å². The molecular weight excluding hydrogens is 236 g/mol. The second-order valence-electron chi connectivity index (χ2n) is 3.74. The lowest BCUT2D eigenvalue weighted by Gasteiger charge is -2.03. The van der Waals surface area contributed by atoms with E-state index in [4.69, 9.17) is 11.6 Å². The van der Waals surface area contributed by atoms with Crippen molar-refractivity contribution in [3.8, 4) is 11.3 Å². The van der Waals surface area contributed by atoms with Crippen LogP contribution >= 0.6 is 11.6 Å². The molecule has 17 heavy (non-hydrogen) atoms. The third kappa shape index (κ3) is 1.76. The van der Waals surface area contributed by atoms with Gasteiger partial charge in [-0.2, -0.15) is 5.10 Å². The Kier molecular flexibility index (Phi) is 2.30. The lowest BCUT2D eigenvalue weighted by Crippen LogP contribution is -1.94. The van der Waals surface area contributed by atoms with Gasteiger partial charge in [-0.25, -0.2) is 4.98 Å². The largest absolute Gasteiger partial charge is 0.268 e. The topological polar surface area (TPSA) is 43.6 Å². The predicted octanol–water partition coefficient (Wildman–Crippen LogP) is 2.68. The number of halogens is 1. The van der Waals surface area contributed by atoms with Crippen molar-refractivity contribution in [2.45, 2.75) is 0 Å². The molecule has 5 heteroatoms. The molecule has 0 fully saturated rings. The number of aromatic nitrogens is 4. The standard InChI is InChI=1S/C12H9ClN4/c1-17-11(4-5-15-17)8-6-10-9(14-7-8)2-3-12(13)16-10/h2-7H,1H3. The van der Waals surface area contributed by atoms with Crippen LogP contribution in [0.5, 0.6) is 0 Å². The minimum Gasteiger partial charge on any atom is -0.268 e. The smallest absolute Gasteiger partial charge is 0.129 e. The number of rotatable bonds is 1. The number of hydrogen-bond acceptors (Lipinski definition) is 3. The Labute approximate surface area is 103 Å². The van der Waals surface area contributed by atoms with Gasteiger partial charge in [0.2, 0.25) is 0 Å². The van der Waals surface area contributed by atoms with Gasteiger partial charge in [-0.05, 0) is 24.3 Å². The lowest BCUT2D eigenvalue weighted by molar-refractivity contribution is 0.775. The van der Waals surface area contributed by atoms with Crippen molar-refractivity contribution in [2.24, 2.45) is 7.05 Å². The van der Waals surface area contributed by atoms with E-state index in [0.29, 0.717) is 5.15 Å². The molecule has 0 aliphatic carbocycles. The Balaban J connectivity index is 2.22. The van der Waals surface area contributed by atoms with Crippen molar-refractivity contribution in [3.05, 3.63) is 41.8 Å². The van der Waals surface area contributed by atoms with Gasteiger partial charge in [-0.3, -0.25) is 9.67 Å². The third-order valence-corrected chi connectivity index (χ3v) is 2.83. The summed E-state index contributed by atoms with van der Waals surface area (Å²) < 4.78 is 1.80. The minimum absolute atomic E-state index is 0.474. The Morgan fingerprint density at radius 1 is 1.18 bits per heavy atom. The minimum atomic E-state index is 0.474. The predicted molar refractivity (Wildman–Crippen MR) is 66.8 cm³/mol. The number of pyridine rings is 2. The summed E-state index contributed by atoms with van der Waals surface area (Å²) in [4.78, 5) is 8.61. The summed E-state index contributed by atoms with van der Waals surface area (Å²) in [7, 11) is 1.89. The molecule has 0 saturated carbocycles. The summed E-state index contributed by atoms with van der Waals surface area (Å²) in [6.45, 7) is 0. The molecule has 0 radical (unpaired) electrons. The first kappa shape index (κ1) is 10.2. The maximum atomic E-state index is 5.87. The van der Waals surface area contributed by atoms with Crippen molar-refractivity contribution in [1.29, 1.82) is 0 Å². The summed E-state index contributed by atoms with van der Waals surface area (Å²) in [5.41, 5.74) is 3.60. The zero-order valence-corrected chi connectivity index (χ0v) is 9.89. The molecule has 3 rings (SSSR count). The molecule has 0 aliphatic heterocycles. The molecule has 0 amide bonds. The van der Waals surface area contributed by atoms with E-state index < -0.39 is 0 Å². The molecule has 0 atom stereocenters. The van der Waals surface area contributed by atoms with E-state index in [0.717, 1.165) is 22.3 Å². The van der Waals surface area contributed by atoms with Crippen molar-refractivity contribution >= 4 is 22.6 Å². The maximum absolute atomic E-state index is 5.87. The number of fused-ring (bicyclic) bond motifs is 1. The molecule has 0 bridgehead atoms. The number of nitrogens with zero attached hydrogens (tertiary/aromatic N) is 4. The highest BCUT2D eigenvalue weighted by Crippen LogP contribution is 2.21. The molecule has 0 aromatic carbocycles. The Bertz CT molecular complexity index is 690. The highest BCUT2D eigenvalue weighted by Gasteiger charge is 2.05. The van der Waals surface area contributed by atoms with Crippen molar-refractivity contribution in [2.75, 3.05) is 0 Å². The average Bonchev–Trinajstić information content (AvgIpc) is 2.74. The zero-order valence-electron chi connectivity index (χ0n) is 9.13. The summed E-state index contributed by atoms with van der Waals surface area (Å²) in [6, 6.07) is 7.50. The second kappa shape index (κ2) is 3.82. The first-order valence-electron chi connectivity index (χ1n) is 5.15. The number of hydrogen-bond donors (Lipinski definition) is 0. The SMILES string of the molecule is Cn1nccc1-c1cnc2ccc(Cl)nc2c1.